The van der Waals surface area contributed by atoms with Gasteiger partial charge in [0, 0.05) is 12.8 Å². The van der Waals surface area contributed by atoms with Crippen molar-refractivity contribution in [2.24, 2.45) is 0 Å². The van der Waals surface area contributed by atoms with Crippen LogP contribution in [0.15, 0.2) is 72.9 Å². The summed E-state index contributed by atoms with van der Waals surface area (Å²) in [6.45, 7) is 4.03. The number of carbonyl (C=O) groups is 3. The second kappa shape index (κ2) is 36.7. The van der Waals surface area contributed by atoms with Crippen molar-refractivity contribution in [3.05, 3.63) is 72.9 Å². The van der Waals surface area contributed by atoms with Gasteiger partial charge in [-0.15, -0.1) is 0 Å². The van der Waals surface area contributed by atoms with Crippen LogP contribution < -0.4 is 5.32 Å². The van der Waals surface area contributed by atoms with Gasteiger partial charge in [-0.25, -0.2) is 0 Å². The van der Waals surface area contributed by atoms with Gasteiger partial charge in [0.1, 0.15) is 12.6 Å². The van der Waals surface area contributed by atoms with Crippen LogP contribution in [0.1, 0.15) is 162 Å². The van der Waals surface area contributed by atoms with E-state index in [9.17, 15) is 14.4 Å². The second-order valence-electron chi connectivity index (χ2n) is 12.5. The highest BCUT2D eigenvalue weighted by atomic mass is 16.5. The molecule has 2 N–H and O–H groups in total. The lowest BCUT2D eigenvalue weighted by molar-refractivity contribution is -0.150. The molecule has 1 unspecified atom stereocenters. The molecule has 0 aliphatic carbocycles. The number of carboxylic acid groups (broad SMARTS) is 1. The van der Waals surface area contributed by atoms with Gasteiger partial charge in [-0.3, -0.25) is 14.4 Å². The lowest BCUT2D eigenvalue weighted by atomic mass is 10.0. The summed E-state index contributed by atoms with van der Waals surface area (Å²) in [5.74, 6) is -1.31. The normalized spacial score (nSPS) is 12.9. The number of unbranched alkanes of at least 4 members (excludes halogenated alkanes) is 10. The third kappa shape index (κ3) is 35.7. The van der Waals surface area contributed by atoms with E-state index in [1.54, 1.807) is 0 Å². The molecule has 272 valence electrons. The van der Waals surface area contributed by atoms with E-state index in [1.807, 2.05) is 0 Å². The van der Waals surface area contributed by atoms with E-state index in [1.165, 1.54) is 19.3 Å². The zero-order valence-corrected chi connectivity index (χ0v) is 30.6. The number of aliphatic carboxylic acids is 1. The van der Waals surface area contributed by atoms with Crippen LogP contribution in [0.4, 0.5) is 0 Å². The molecule has 0 bridgehead atoms. The second-order valence-corrected chi connectivity index (χ2v) is 12.5. The van der Waals surface area contributed by atoms with Crippen molar-refractivity contribution >= 4 is 17.8 Å². The topological polar surface area (TPSA) is 92.7 Å². The summed E-state index contributed by atoms with van der Waals surface area (Å²) in [7, 11) is 0. The summed E-state index contributed by atoms with van der Waals surface area (Å²) >= 11 is 0. The summed E-state index contributed by atoms with van der Waals surface area (Å²) in [5.41, 5.74) is 0. The van der Waals surface area contributed by atoms with Gasteiger partial charge in [0.05, 0.1) is 0 Å². The zero-order valence-electron chi connectivity index (χ0n) is 30.6. The van der Waals surface area contributed by atoms with Gasteiger partial charge < -0.3 is 15.2 Å². The Morgan fingerprint density at radius 2 is 1.02 bits per heavy atom. The SMILES string of the molecule is CC/C=C\C/C=C\C/C=C\C/C=C\C/C=C\C/C=C\CCCCCCC(=O)OC(CCCCCC)CCCCCCC(=O)NCC(=O)O. The molecule has 6 nitrogen and oxygen atoms in total. The van der Waals surface area contributed by atoms with Gasteiger partial charge in [0.2, 0.25) is 5.91 Å². The van der Waals surface area contributed by atoms with Gasteiger partial charge in [0.25, 0.3) is 0 Å². The van der Waals surface area contributed by atoms with E-state index in [-0.39, 0.29) is 24.5 Å². The minimum Gasteiger partial charge on any atom is -0.480 e. The molecule has 0 saturated heterocycles. The van der Waals surface area contributed by atoms with Crippen molar-refractivity contribution in [1.82, 2.24) is 5.32 Å². The standard InChI is InChI=1S/C42H69NO5/c1-3-5-7-9-10-11-12-13-14-15-16-17-18-19-20-21-22-23-24-25-26-27-33-37-42(47)48-39(34-30-8-6-4-2)35-31-28-29-32-36-40(44)43-38-41(45)46/h5,7,10-11,13-14,16-17,19-20,22-23,39H,3-4,6,8-9,12,15,18,21,24-38H2,1-2H3,(H,43,44)(H,45,46)/b7-5-,11-10-,14-13-,17-16-,20-19-,23-22-. The maximum atomic E-state index is 12.5. The maximum absolute atomic E-state index is 12.5. The summed E-state index contributed by atoms with van der Waals surface area (Å²) in [6, 6.07) is 0. The Labute approximate surface area is 294 Å². The number of esters is 1. The van der Waals surface area contributed by atoms with Gasteiger partial charge in [-0.2, -0.15) is 0 Å². The van der Waals surface area contributed by atoms with Crippen molar-refractivity contribution in [2.75, 3.05) is 6.54 Å². The first-order valence-corrected chi connectivity index (χ1v) is 19.1. The van der Waals surface area contributed by atoms with Crippen LogP contribution in [0.25, 0.3) is 0 Å². The summed E-state index contributed by atoms with van der Waals surface area (Å²) in [5, 5.41) is 11.0. The largest absolute Gasteiger partial charge is 0.480 e. The zero-order chi connectivity index (χ0) is 35.2. The van der Waals surface area contributed by atoms with E-state index in [0.29, 0.717) is 12.8 Å². The monoisotopic (exact) mass is 668 g/mol. The fourth-order valence-corrected chi connectivity index (χ4v) is 5.10. The Morgan fingerprint density at radius 3 is 1.54 bits per heavy atom. The number of hydrogen-bond acceptors (Lipinski definition) is 4. The van der Waals surface area contributed by atoms with Crippen LogP contribution in [0.2, 0.25) is 0 Å². The van der Waals surface area contributed by atoms with Crippen LogP contribution in [0.3, 0.4) is 0 Å². The number of hydrogen-bond donors (Lipinski definition) is 2. The van der Waals surface area contributed by atoms with E-state index in [0.717, 1.165) is 116 Å². The first-order chi connectivity index (χ1) is 23.5. The molecule has 0 heterocycles. The van der Waals surface area contributed by atoms with E-state index < -0.39 is 5.97 Å². The molecule has 48 heavy (non-hydrogen) atoms. The van der Waals surface area contributed by atoms with Crippen LogP contribution in [-0.4, -0.2) is 35.6 Å². The number of rotatable bonds is 33. The Morgan fingerprint density at radius 1 is 0.562 bits per heavy atom. The van der Waals surface area contributed by atoms with Gasteiger partial charge >= 0.3 is 11.9 Å². The molecule has 1 amide bonds. The molecule has 0 radical (unpaired) electrons. The van der Waals surface area contributed by atoms with E-state index in [4.69, 9.17) is 9.84 Å². The molecular weight excluding hydrogens is 598 g/mol. The quantitative estimate of drug-likeness (QED) is 0.0413. The van der Waals surface area contributed by atoms with Crippen LogP contribution in [0.5, 0.6) is 0 Å². The Kier molecular flexibility index (Phi) is 34.3. The molecule has 6 heteroatoms. The Hall–Kier alpha value is -3.15. The van der Waals surface area contributed by atoms with Crippen LogP contribution in [0, 0.1) is 0 Å². The van der Waals surface area contributed by atoms with Gasteiger partial charge in [-0.05, 0) is 89.9 Å². The smallest absolute Gasteiger partial charge is 0.322 e. The molecule has 0 aromatic carbocycles. The summed E-state index contributed by atoms with van der Waals surface area (Å²) in [6.07, 6.45) is 49.0. The molecule has 0 aromatic heterocycles. The maximum Gasteiger partial charge on any atom is 0.322 e. The number of allylic oxidation sites excluding steroid dienone is 12. The summed E-state index contributed by atoms with van der Waals surface area (Å²) in [4.78, 5) is 34.7. The first kappa shape index (κ1) is 44.9. The number of ether oxygens (including phenoxy) is 1. The molecule has 0 rings (SSSR count). The number of amides is 1. The molecule has 0 spiro atoms. The van der Waals surface area contributed by atoms with Gasteiger partial charge in [-0.1, -0.05) is 132 Å². The molecule has 0 fully saturated rings. The minimum atomic E-state index is -1.03. The fourth-order valence-electron chi connectivity index (χ4n) is 5.10. The van der Waals surface area contributed by atoms with Crippen molar-refractivity contribution in [3.63, 3.8) is 0 Å². The predicted molar refractivity (Wildman–Crippen MR) is 203 cm³/mol. The Bertz CT molecular complexity index is 959. The first-order valence-electron chi connectivity index (χ1n) is 19.1. The highest BCUT2D eigenvalue weighted by molar-refractivity contribution is 5.80. The van der Waals surface area contributed by atoms with Gasteiger partial charge in [0.15, 0.2) is 0 Å². The minimum absolute atomic E-state index is 0.0127. The lowest BCUT2D eigenvalue weighted by Crippen LogP contribution is -2.28. The van der Waals surface area contributed by atoms with E-state index >= 15 is 0 Å². The van der Waals surface area contributed by atoms with Crippen molar-refractivity contribution in [1.29, 1.82) is 0 Å². The Balaban J connectivity index is 3.93. The fraction of sp³-hybridized carbons (Fsp3) is 0.643. The third-order valence-corrected chi connectivity index (χ3v) is 7.89. The highest BCUT2D eigenvalue weighted by Crippen LogP contribution is 2.17. The average molecular weight is 668 g/mol. The molecule has 1 atom stereocenters. The molecule has 0 aromatic rings. The molecule has 0 aliphatic heterocycles. The lowest BCUT2D eigenvalue weighted by Gasteiger charge is -2.18. The van der Waals surface area contributed by atoms with Crippen LogP contribution in [-0.2, 0) is 19.1 Å². The predicted octanol–water partition coefficient (Wildman–Crippen LogP) is 11.4. The molecular formula is C42H69NO5. The number of carboxylic acids is 1. The van der Waals surface area contributed by atoms with Crippen molar-refractivity contribution < 1.29 is 24.2 Å². The van der Waals surface area contributed by atoms with Crippen molar-refractivity contribution in [3.8, 4) is 0 Å². The number of nitrogens with one attached hydrogen (secondary N) is 1. The number of carbonyl (C=O) groups excluding carboxylic acids is 2. The molecule has 0 aliphatic rings. The third-order valence-electron chi connectivity index (χ3n) is 7.89. The summed E-state index contributed by atoms with van der Waals surface area (Å²) < 4.78 is 5.89. The molecule has 0 saturated carbocycles. The average Bonchev–Trinajstić information content (AvgIpc) is 3.07. The highest BCUT2D eigenvalue weighted by Gasteiger charge is 2.14. The van der Waals surface area contributed by atoms with Crippen LogP contribution >= 0.6 is 0 Å². The van der Waals surface area contributed by atoms with Crippen molar-refractivity contribution in [2.45, 2.75) is 168 Å². The van der Waals surface area contributed by atoms with E-state index in [2.05, 4.69) is 92.1 Å².